The molecule has 16 heavy (non-hydrogen) atoms. The van der Waals surface area contributed by atoms with Gasteiger partial charge in [0.2, 0.25) is 0 Å². The van der Waals surface area contributed by atoms with Gasteiger partial charge in [-0.05, 0) is 33.1 Å². The molecule has 2 nitrogen and oxygen atoms in total. The number of rotatable bonds is 10. The van der Waals surface area contributed by atoms with E-state index in [4.69, 9.17) is 4.74 Å². The molecule has 0 aliphatic carbocycles. The van der Waals surface area contributed by atoms with Gasteiger partial charge in [0.25, 0.3) is 0 Å². The quantitative estimate of drug-likeness (QED) is 0.576. The normalized spacial score (nSPS) is 17.1. The third kappa shape index (κ3) is 9.17. The Hall–Kier alpha value is -0.0800. The molecule has 2 heteroatoms. The molecular formula is C14H30O2. The highest BCUT2D eigenvalue weighted by Crippen LogP contribution is 2.22. The van der Waals surface area contributed by atoms with Crippen LogP contribution >= 0.6 is 0 Å². The first-order chi connectivity index (χ1) is 7.52. The molecular weight excluding hydrogens is 200 g/mol. The van der Waals surface area contributed by atoms with Gasteiger partial charge in [0, 0.05) is 7.11 Å². The van der Waals surface area contributed by atoms with Gasteiger partial charge in [-0.15, -0.1) is 0 Å². The van der Waals surface area contributed by atoms with E-state index >= 15 is 0 Å². The average Bonchev–Trinajstić information content (AvgIpc) is 2.25. The highest BCUT2D eigenvalue weighted by Gasteiger charge is 2.20. The van der Waals surface area contributed by atoms with Crippen molar-refractivity contribution in [3.8, 4) is 0 Å². The fourth-order valence-corrected chi connectivity index (χ4v) is 1.87. The summed E-state index contributed by atoms with van der Waals surface area (Å²) in [6.07, 6.45) is 9.28. The van der Waals surface area contributed by atoms with Gasteiger partial charge < -0.3 is 9.84 Å². The first-order valence-electron chi connectivity index (χ1n) is 6.77. The third-order valence-electron chi connectivity index (χ3n) is 3.31. The predicted molar refractivity (Wildman–Crippen MR) is 69.7 cm³/mol. The Kier molecular flexibility index (Phi) is 8.96. The van der Waals surface area contributed by atoms with E-state index in [1.54, 1.807) is 7.11 Å². The van der Waals surface area contributed by atoms with Crippen LogP contribution in [-0.2, 0) is 4.74 Å². The Morgan fingerprint density at radius 1 is 1.12 bits per heavy atom. The van der Waals surface area contributed by atoms with E-state index in [-0.39, 0.29) is 6.10 Å². The maximum atomic E-state index is 10.2. The summed E-state index contributed by atoms with van der Waals surface area (Å²) in [6, 6.07) is 0. The minimum Gasteiger partial charge on any atom is -0.390 e. The van der Waals surface area contributed by atoms with Crippen molar-refractivity contribution in [2.24, 2.45) is 0 Å². The standard InChI is InChI=1S/C14H30O2/c1-5-6-7-8-9-11-14(3,15)12-10-13(2)16-4/h13,15H,5-12H2,1-4H3. The molecule has 0 heterocycles. The van der Waals surface area contributed by atoms with Crippen molar-refractivity contribution >= 4 is 0 Å². The molecule has 0 aromatic heterocycles. The van der Waals surface area contributed by atoms with Crippen LogP contribution in [0.4, 0.5) is 0 Å². The van der Waals surface area contributed by atoms with Gasteiger partial charge >= 0.3 is 0 Å². The van der Waals surface area contributed by atoms with E-state index in [9.17, 15) is 5.11 Å². The molecule has 98 valence electrons. The van der Waals surface area contributed by atoms with Gasteiger partial charge in [0.15, 0.2) is 0 Å². The largest absolute Gasteiger partial charge is 0.390 e. The molecule has 0 bridgehead atoms. The smallest absolute Gasteiger partial charge is 0.0620 e. The van der Waals surface area contributed by atoms with Crippen molar-refractivity contribution in [2.75, 3.05) is 7.11 Å². The molecule has 0 radical (unpaired) electrons. The van der Waals surface area contributed by atoms with Gasteiger partial charge in [-0.3, -0.25) is 0 Å². The zero-order chi connectivity index (χ0) is 12.4. The third-order valence-corrected chi connectivity index (χ3v) is 3.31. The highest BCUT2D eigenvalue weighted by atomic mass is 16.5. The van der Waals surface area contributed by atoms with Gasteiger partial charge in [-0.2, -0.15) is 0 Å². The van der Waals surface area contributed by atoms with Crippen LogP contribution in [0.5, 0.6) is 0 Å². The Labute approximate surface area is 101 Å². The van der Waals surface area contributed by atoms with Gasteiger partial charge in [-0.25, -0.2) is 0 Å². The average molecular weight is 230 g/mol. The molecule has 0 spiro atoms. The summed E-state index contributed by atoms with van der Waals surface area (Å²) in [5.74, 6) is 0. The van der Waals surface area contributed by atoms with E-state index in [0.29, 0.717) is 0 Å². The molecule has 0 saturated carbocycles. The van der Waals surface area contributed by atoms with Crippen LogP contribution in [0, 0.1) is 0 Å². The molecule has 0 aromatic carbocycles. The van der Waals surface area contributed by atoms with Crippen LogP contribution in [0.15, 0.2) is 0 Å². The molecule has 0 aliphatic heterocycles. The fraction of sp³-hybridized carbons (Fsp3) is 1.00. The molecule has 0 saturated heterocycles. The second-order valence-corrected chi connectivity index (χ2v) is 5.25. The Morgan fingerprint density at radius 2 is 1.75 bits per heavy atom. The van der Waals surface area contributed by atoms with E-state index in [1.165, 1.54) is 25.7 Å². The first kappa shape index (κ1) is 15.9. The summed E-state index contributed by atoms with van der Waals surface area (Å²) < 4.78 is 5.19. The predicted octanol–water partition coefficient (Wildman–Crippen LogP) is 3.91. The van der Waals surface area contributed by atoms with Gasteiger partial charge in [0.05, 0.1) is 11.7 Å². The second kappa shape index (κ2) is 9.00. The Morgan fingerprint density at radius 3 is 2.31 bits per heavy atom. The SMILES string of the molecule is CCCCCCCC(C)(O)CCC(C)OC. The summed E-state index contributed by atoms with van der Waals surface area (Å²) in [5.41, 5.74) is -0.501. The van der Waals surface area contributed by atoms with Crippen molar-refractivity contribution in [1.29, 1.82) is 0 Å². The molecule has 0 fully saturated rings. The summed E-state index contributed by atoms with van der Waals surface area (Å²) in [4.78, 5) is 0. The van der Waals surface area contributed by atoms with Gasteiger partial charge in [0.1, 0.15) is 0 Å². The fourth-order valence-electron chi connectivity index (χ4n) is 1.87. The zero-order valence-electron chi connectivity index (χ0n) is 11.6. The lowest BCUT2D eigenvalue weighted by Gasteiger charge is -2.24. The van der Waals surface area contributed by atoms with E-state index in [2.05, 4.69) is 13.8 Å². The van der Waals surface area contributed by atoms with Crippen LogP contribution in [0.1, 0.15) is 72.1 Å². The lowest BCUT2D eigenvalue weighted by molar-refractivity contribution is 0.0172. The van der Waals surface area contributed by atoms with Crippen LogP contribution in [0.25, 0.3) is 0 Å². The molecule has 0 amide bonds. The molecule has 0 aliphatic rings. The van der Waals surface area contributed by atoms with Crippen molar-refractivity contribution in [2.45, 2.75) is 83.8 Å². The first-order valence-corrected chi connectivity index (χ1v) is 6.77. The minimum absolute atomic E-state index is 0.256. The lowest BCUT2D eigenvalue weighted by atomic mass is 9.92. The number of unbranched alkanes of at least 4 members (excludes halogenated alkanes) is 4. The van der Waals surface area contributed by atoms with E-state index in [1.807, 2.05) is 6.92 Å². The summed E-state index contributed by atoms with van der Waals surface area (Å²) in [7, 11) is 1.73. The highest BCUT2D eigenvalue weighted by molar-refractivity contribution is 4.73. The van der Waals surface area contributed by atoms with Crippen LogP contribution in [-0.4, -0.2) is 23.9 Å². The van der Waals surface area contributed by atoms with Crippen molar-refractivity contribution in [3.05, 3.63) is 0 Å². The van der Waals surface area contributed by atoms with Crippen molar-refractivity contribution < 1.29 is 9.84 Å². The second-order valence-electron chi connectivity index (χ2n) is 5.25. The monoisotopic (exact) mass is 230 g/mol. The lowest BCUT2D eigenvalue weighted by Crippen LogP contribution is -2.25. The Balaban J connectivity index is 3.53. The molecule has 2 unspecified atom stereocenters. The van der Waals surface area contributed by atoms with Crippen LogP contribution in [0.3, 0.4) is 0 Å². The number of methoxy groups -OCH3 is 1. The number of hydrogen-bond acceptors (Lipinski definition) is 2. The van der Waals surface area contributed by atoms with E-state index < -0.39 is 5.60 Å². The number of aliphatic hydroxyl groups is 1. The summed E-state index contributed by atoms with van der Waals surface area (Å²) >= 11 is 0. The van der Waals surface area contributed by atoms with Crippen molar-refractivity contribution in [3.63, 3.8) is 0 Å². The number of ether oxygens (including phenoxy) is 1. The zero-order valence-corrected chi connectivity index (χ0v) is 11.6. The van der Waals surface area contributed by atoms with E-state index in [0.717, 1.165) is 25.7 Å². The van der Waals surface area contributed by atoms with Crippen LogP contribution in [0.2, 0.25) is 0 Å². The maximum Gasteiger partial charge on any atom is 0.0620 e. The molecule has 2 atom stereocenters. The minimum atomic E-state index is -0.501. The topological polar surface area (TPSA) is 29.5 Å². The summed E-state index contributed by atoms with van der Waals surface area (Å²) in [5, 5.41) is 10.2. The maximum absolute atomic E-state index is 10.2. The van der Waals surface area contributed by atoms with Crippen LogP contribution < -0.4 is 0 Å². The van der Waals surface area contributed by atoms with Gasteiger partial charge in [-0.1, -0.05) is 39.0 Å². The summed E-state index contributed by atoms with van der Waals surface area (Å²) in [6.45, 7) is 6.23. The molecule has 0 rings (SSSR count). The Bertz CT molecular complexity index is 155. The molecule has 1 N–H and O–H groups in total. The molecule has 0 aromatic rings. The van der Waals surface area contributed by atoms with Crippen molar-refractivity contribution in [1.82, 2.24) is 0 Å². The number of hydrogen-bond donors (Lipinski definition) is 1.